The first-order valence-electron chi connectivity index (χ1n) is 9.44. The van der Waals surface area contributed by atoms with Crippen LogP contribution in [0.4, 0.5) is 11.4 Å². The third-order valence-electron chi connectivity index (χ3n) is 4.92. The van der Waals surface area contributed by atoms with Gasteiger partial charge in [0.1, 0.15) is 5.75 Å². The van der Waals surface area contributed by atoms with Crippen molar-refractivity contribution in [1.82, 2.24) is 4.31 Å². The Hall–Kier alpha value is -2.91. The van der Waals surface area contributed by atoms with E-state index in [1.807, 2.05) is 26.0 Å². The summed E-state index contributed by atoms with van der Waals surface area (Å²) in [7, 11) is -2.61. The normalized spacial score (nSPS) is 15.9. The van der Waals surface area contributed by atoms with E-state index in [-0.39, 0.29) is 23.1 Å². The number of rotatable bonds is 5. The van der Waals surface area contributed by atoms with Crippen molar-refractivity contribution < 1.29 is 22.7 Å². The summed E-state index contributed by atoms with van der Waals surface area (Å²) in [6, 6.07) is 8.53. The largest absolute Gasteiger partial charge is 0.479 e. The van der Waals surface area contributed by atoms with E-state index < -0.39 is 22.0 Å². The molecule has 2 amide bonds. The molecule has 2 N–H and O–H groups in total. The van der Waals surface area contributed by atoms with Gasteiger partial charge >= 0.3 is 0 Å². The minimum Gasteiger partial charge on any atom is -0.479 e. The fraction of sp³-hybridized carbons (Fsp3) is 0.333. The number of amides is 2. The summed E-state index contributed by atoms with van der Waals surface area (Å²) in [6.45, 7) is 6.69. The number of anilines is 2. The van der Waals surface area contributed by atoms with Crippen LogP contribution in [0.15, 0.2) is 35.2 Å². The number of hydrogen-bond acceptors (Lipinski definition) is 5. The van der Waals surface area contributed by atoms with Gasteiger partial charge in [-0.25, -0.2) is 8.42 Å². The maximum atomic E-state index is 13.1. The average molecular weight is 432 g/mol. The van der Waals surface area contributed by atoms with Crippen molar-refractivity contribution in [3.63, 3.8) is 0 Å². The zero-order valence-electron chi connectivity index (χ0n) is 17.6. The Labute approximate surface area is 176 Å². The van der Waals surface area contributed by atoms with E-state index in [0.29, 0.717) is 16.9 Å². The van der Waals surface area contributed by atoms with Gasteiger partial charge in [0.2, 0.25) is 15.9 Å². The summed E-state index contributed by atoms with van der Waals surface area (Å²) in [6.07, 6.45) is -0.725. The van der Waals surface area contributed by atoms with Crippen LogP contribution in [-0.4, -0.2) is 44.2 Å². The Morgan fingerprint density at radius 1 is 1.17 bits per heavy atom. The van der Waals surface area contributed by atoms with Crippen molar-refractivity contribution in [3.8, 4) is 5.75 Å². The molecule has 2 aromatic rings. The zero-order valence-corrected chi connectivity index (χ0v) is 18.4. The predicted octanol–water partition coefficient (Wildman–Crippen LogP) is 2.59. The van der Waals surface area contributed by atoms with Crippen LogP contribution in [0.25, 0.3) is 0 Å². The molecule has 0 aromatic heterocycles. The molecule has 1 aliphatic heterocycles. The van der Waals surface area contributed by atoms with Gasteiger partial charge in [-0.3, -0.25) is 9.59 Å². The topological polar surface area (TPSA) is 105 Å². The fourth-order valence-corrected chi connectivity index (χ4v) is 4.56. The van der Waals surface area contributed by atoms with E-state index in [2.05, 4.69) is 10.6 Å². The number of sulfonamides is 1. The number of aryl methyl sites for hydroxylation is 3. The van der Waals surface area contributed by atoms with Crippen LogP contribution in [0.1, 0.15) is 23.6 Å². The molecule has 1 aliphatic rings. The highest BCUT2D eigenvalue weighted by molar-refractivity contribution is 7.89. The Morgan fingerprint density at radius 2 is 1.87 bits per heavy atom. The molecule has 30 heavy (non-hydrogen) atoms. The lowest BCUT2D eigenvalue weighted by Gasteiger charge is -2.25. The Kier molecular flexibility index (Phi) is 5.87. The van der Waals surface area contributed by atoms with Crippen molar-refractivity contribution >= 4 is 33.2 Å². The number of ether oxygens (including phenoxy) is 1. The summed E-state index contributed by atoms with van der Waals surface area (Å²) in [5.41, 5.74) is 3.46. The molecule has 1 unspecified atom stereocenters. The maximum absolute atomic E-state index is 13.1. The van der Waals surface area contributed by atoms with E-state index >= 15 is 0 Å². The van der Waals surface area contributed by atoms with Gasteiger partial charge in [-0.2, -0.15) is 4.31 Å². The predicted molar refractivity (Wildman–Crippen MR) is 114 cm³/mol. The van der Waals surface area contributed by atoms with Gasteiger partial charge in [-0.1, -0.05) is 17.7 Å². The molecule has 0 saturated heterocycles. The van der Waals surface area contributed by atoms with E-state index in [9.17, 15) is 18.0 Å². The second-order valence-electron chi connectivity index (χ2n) is 7.49. The van der Waals surface area contributed by atoms with Crippen LogP contribution in [0.2, 0.25) is 0 Å². The molecule has 9 heteroatoms. The Morgan fingerprint density at radius 3 is 2.53 bits per heavy atom. The highest BCUT2D eigenvalue weighted by Gasteiger charge is 2.30. The quantitative estimate of drug-likeness (QED) is 0.757. The molecule has 1 atom stereocenters. The van der Waals surface area contributed by atoms with Gasteiger partial charge < -0.3 is 15.4 Å². The minimum absolute atomic E-state index is 0.0198. The van der Waals surface area contributed by atoms with Crippen LogP contribution in [0, 0.1) is 20.8 Å². The molecule has 0 radical (unpaired) electrons. The molecule has 0 aliphatic carbocycles. The highest BCUT2D eigenvalue weighted by atomic mass is 32.2. The second-order valence-corrected chi connectivity index (χ2v) is 9.50. The lowest BCUT2D eigenvalue weighted by Crippen LogP contribution is -2.36. The molecule has 2 aromatic carbocycles. The molecule has 8 nitrogen and oxygen atoms in total. The number of hydrogen-bond donors (Lipinski definition) is 2. The number of fused-ring (bicyclic) bond motifs is 1. The lowest BCUT2D eigenvalue weighted by molar-refractivity contribution is -0.122. The van der Waals surface area contributed by atoms with Crippen molar-refractivity contribution in [2.75, 3.05) is 24.2 Å². The van der Waals surface area contributed by atoms with Crippen molar-refractivity contribution in [2.24, 2.45) is 0 Å². The fourth-order valence-electron chi connectivity index (χ4n) is 3.22. The average Bonchev–Trinajstić information content (AvgIpc) is 2.64. The molecule has 1 heterocycles. The number of benzene rings is 2. The van der Waals surface area contributed by atoms with Gasteiger partial charge in [0.25, 0.3) is 5.91 Å². The van der Waals surface area contributed by atoms with Gasteiger partial charge in [0.15, 0.2) is 6.10 Å². The second kappa shape index (κ2) is 8.08. The molecule has 0 fully saturated rings. The smallest absolute Gasteiger partial charge is 0.265 e. The summed E-state index contributed by atoms with van der Waals surface area (Å²) in [5, 5.41) is 5.44. The molecular formula is C21H25N3O5S. The van der Waals surface area contributed by atoms with Crippen LogP contribution in [0.5, 0.6) is 5.75 Å². The molecule has 0 bridgehead atoms. The number of carbonyl (C=O) groups excluding carboxylic acids is 2. The monoisotopic (exact) mass is 431 g/mol. The first-order chi connectivity index (χ1) is 14.0. The highest BCUT2D eigenvalue weighted by Crippen LogP contribution is 2.35. The SMILES string of the molecule is Cc1ccc(NC(=O)CN(C)S(=O)(=O)c2cc3c(cc2C)NC(=O)C(C)O3)c(C)c1. The van der Waals surface area contributed by atoms with Crippen molar-refractivity contribution in [2.45, 2.75) is 38.7 Å². The molecule has 160 valence electrons. The standard InChI is InChI=1S/C21H25N3O5S/c1-12-6-7-16(13(2)8-12)22-20(25)11-24(5)30(27,28)19-10-18-17(9-14(19)3)23-21(26)15(4)29-18/h6-10,15H,11H2,1-5H3,(H,22,25)(H,23,26). The molecule has 0 saturated carbocycles. The number of likely N-dealkylation sites (N-methyl/N-ethyl adjacent to an activating group) is 1. The Bertz CT molecular complexity index is 1130. The van der Waals surface area contributed by atoms with E-state index in [4.69, 9.17) is 4.74 Å². The van der Waals surface area contributed by atoms with Crippen molar-refractivity contribution in [3.05, 3.63) is 47.0 Å². The Balaban J connectivity index is 1.80. The van der Waals surface area contributed by atoms with E-state index in [0.717, 1.165) is 15.4 Å². The summed E-state index contributed by atoms with van der Waals surface area (Å²) >= 11 is 0. The van der Waals surface area contributed by atoms with E-state index in [1.54, 1.807) is 26.0 Å². The third-order valence-corrected chi connectivity index (χ3v) is 6.86. The third kappa shape index (κ3) is 4.31. The number of nitrogens with zero attached hydrogens (tertiary/aromatic N) is 1. The first kappa shape index (κ1) is 21.8. The van der Waals surface area contributed by atoms with Gasteiger partial charge in [0.05, 0.1) is 17.1 Å². The van der Waals surface area contributed by atoms with Crippen LogP contribution < -0.4 is 15.4 Å². The molecule has 0 spiro atoms. The van der Waals surface area contributed by atoms with E-state index in [1.165, 1.54) is 13.1 Å². The summed E-state index contributed by atoms with van der Waals surface area (Å²) in [4.78, 5) is 24.2. The lowest BCUT2D eigenvalue weighted by atomic mass is 10.1. The maximum Gasteiger partial charge on any atom is 0.265 e. The minimum atomic E-state index is -3.96. The van der Waals surface area contributed by atoms with Crippen LogP contribution in [0.3, 0.4) is 0 Å². The van der Waals surface area contributed by atoms with Crippen LogP contribution in [-0.2, 0) is 19.6 Å². The van der Waals surface area contributed by atoms with Crippen molar-refractivity contribution in [1.29, 1.82) is 0 Å². The zero-order chi connectivity index (χ0) is 22.2. The number of nitrogens with one attached hydrogen (secondary N) is 2. The van der Waals surface area contributed by atoms with Crippen LogP contribution >= 0.6 is 0 Å². The summed E-state index contributed by atoms with van der Waals surface area (Å²) in [5.74, 6) is -0.460. The van der Waals surface area contributed by atoms with Gasteiger partial charge in [0, 0.05) is 18.8 Å². The van der Waals surface area contributed by atoms with Gasteiger partial charge in [-0.15, -0.1) is 0 Å². The summed E-state index contributed by atoms with van der Waals surface area (Å²) < 4.78 is 32.7. The molecule has 3 rings (SSSR count). The number of carbonyl (C=O) groups is 2. The van der Waals surface area contributed by atoms with Gasteiger partial charge in [-0.05, 0) is 51.0 Å². The molecular weight excluding hydrogens is 406 g/mol. The first-order valence-corrected chi connectivity index (χ1v) is 10.9.